The number of aromatic nitrogens is 6. The van der Waals surface area contributed by atoms with Gasteiger partial charge in [-0.25, -0.2) is 9.67 Å². The van der Waals surface area contributed by atoms with Gasteiger partial charge in [0, 0.05) is 22.7 Å². The topological polar surface area (TPSA) is 102 Å². The molecule has 8 nitrogen and oxygen atoms in total. The molecule has 0 aliphatic rings. The van der Waals surface area contributed by atoms with Crippen LogP contribution in [0.2, 0.25) is 0 Å². The van der Waals surface area contributed by atoms with E-state index in [0.29, 0.717) is 23.2 Å². The third kappa shape index (κ3) is 3.62. The molecule has 1 atom stereocenters. The summed E-state index contributed by atoms with van der Waals surface area (Å²) in [6.07, 6.45) is 4.77. The number of fused-ring (bicyclic) bond motifs is 1. The van der Waals surface area contributed by atoms with Crippen LogP contribution in [0.5, 0.6) is 0 Å². The molecule has 9 heteroatoms. The van der Waals surface area contributed by atoms with Crippen LogP contribution in [0, 0.1) is 0 Å². The van der Waals surface area contributed by atoms with Crippen LogP contribution in [-0.2, 0) is 6.54 Å². The molecule has 0 bridgehead atoms. The second-order valence-electron chi connectivity index (χ2n) is 6.58. The quantitative estimate of drug-likeness (QED) is 0.317. The third-order valence-corrected chi connectivity index (χ3v) is 5.71. The molecule has 1 N–H and O–H groups in total. The highest BCUT2D eigenvalue weighted by atomic mass is 32.2. The van der Waals surface area contributed by atoms with Crippen LogP contribution in [-0.4, -0.2) is 35.7 Å². The fourth-order valence-corrected chi connectivity index (χ4v) is 4.18. The Hall–Kier alpha value is -3.72. The zero-order valence-corrected chi connectivity index (χ0v) is 16.5. The average molecular weight is 416 g/mol. The van der Waals surface area contributed by atoms with Gasteiger partial charge in [-0.3, -0.25) is 4.79 Å². The van der Waals surface area contributed by atoms with Gasteiger partial charge in [0.15, 0.2) is 5.78 Å². The largest absolute Gasteiger partial charge is 0.414 e. The lowest BCUT2D eigenvalue weighted by Crippen LogP contribution is -2.09. The molecule has 5 rings (SSSR count). The molecule has 0 saturated carbocycles. The van der Waals surface area contributed by atoms with Gasteiger partial charge in [0.2, 0.25) is 5.89 Å². The Morgan fingerprint density at radius 2 is 1.93 bits per heavy atom. The first kappa shape index (κ1) is 18.3. The number of benzene rings is 2. The maximum absolute atomic E-state index is 13.5. The van der Waals surface area contributed by atoms with Crippen molar-refractivity contribution in [3.8, 4) is 0 Å². The van der Waals surface area contributed by atoms with Gasteiger partial charge in [0.25, 0.3) is 5.22 Å². The Labute approximate surface area is 175 Å². The van der Waals surface area contributed by atoms with Crippen LogP contribution < -0.4 is 0 Å². The van der Waals surface area contributed by atoms with E-state index in [1.165, 1.54) is 18.1 Å². The molecule has 0 radical (unpaired) electrons. The number of H-pyrrole nitrogens is 1. The molecule has 0 spiro atoms. The number of hydrogen-bond donors (Lipinski definition) is 1. The summed E-state index contributed by atoms with van der Waals surface area (Å²) in [5.41, 5.74) is 2.42. The number of nitrogens with one attached hydrogen (secondary N) is 1. The van der Waals surface area contributed by atoms with Crippen LogP contribution in [0.15, 0.2) is 83.1 Å². The van der Waals surface area contributed by atoms with Crippen molar-refractivity contribution in [2.24, 2.45) is 0 Å². The molecule has 30 heavy (non-hydrogen) atoms. The number of ketones is 1. The van der Waals surface area contributed by atoms with Crippen molar-refractivity contribution in [1.82, 2.24) is 29.9 Å². The Kier molecular flexibility index (Phi) is 4.86. The van der Waals surface area contributed by atoms with Crippen molar-refractivity contribution in [3.05, 3.63) is 90.5 Å². The number of carbonyl (C=O) groups excluding carboxylic acids is 1. The molecule has 0 amide bonds. The fourth-order valence-electron chi connectivity index (χ4n) is 3.22. The van der Waals surface area contributed by atoms with E-state index in [-0.39, 0.29) is 5.78 Å². The lowest BCUT2D eigenvalue weighted by atomic mass is 10.0. The number of rotatable bonds is 7. The van der Waals surface area contributed by atoms with E-state index in [2.05, 4.69) is 25.3 Å². The fraction of sp³-hybridized carbons (Fsp3) is 0.0952. The summed E-state index contributed by atoms with van der Waals surface area (Å²) in [6, 6.07) is 17.3. The Balaban J connectivity index is 1.46. The predicted octanol–water partition coefficient (Wildman–Crippen LogP) is 3.91. The van der Waals surface area contributed by atoms with Crippen molar-refractivity contribution in [2.75, 3.05) is 0 Å². The van der Waals surface area contributed by atoms with Crippen LogP contribution in [0.4, 0.5) is 0 Å². The van der Waals surface area contributed by atoms with E-state index in [4.69, 9.17) is 4.42 Å². The lowest BCUT2D eigenvalue weighted by molar-refractivity contribution is 0.0990. The average Bonchev–Trinajstić information content (AvgIpc) is 3.54. The van der Waals surface area contributed by atoms with E-state index in [1.54, 1.807) is 17.2 Å². The number of thioether (sulfide) groups is 1. The van der Waals surface area contributed by atoms with Gasteiger partial charge in [0.1, 0.15) is 24.4 Å². The van der Waals surface area contributed by atoms with E-state index in [0.717, 1.165) is 16.5 Å². The molecule has 2 aromatic carbocycles. The summed E-state index contributed by atoms with van der Waals surface area (Å²) < 4.78 is 7.35. The molecule has 5 aromatic rings. The Morgan fingerprint density at radius 3 is 2.77 bits per heavy atom. The first-order valence-electron chi connectivity index (χ1n) is 9.24. The number of hydrogen-bond acceptors (Lipinski definition) is 7. The zero-order valence-electron chi connectivity index (χ0n) is 15.7. The van der Waals surface area contributed by atoms with E-state index in [1.807, 2.05) is 54.6 Å². The van der Waals surface area contributed by atoms with Crippen LogP contribution >= 0.6 is 11.8 Å². The molecule has 148 valence electrons. The molecule has 0 fully saturated rings. The molecule has 1 unspecified atom stereocenters. The number of para-hydroxylation sites is 1. The van der Waals surface area contributed by atoms with Gasteiger partial charge in [-0.05, 0) is 23.4 Å². The van der Waals surface area contributed by atoms with E-state index in [9.17, 15) is 4.79 Å². The van der Waals surface area contributed by atoms with Gasteiger partial charge >= 0.3 is 0 Å². The first-order valence-corrected chi connectivity index (χ1v) is 10.1. The summed E-state index contributed by atoms with van der Waals surface area (Å²) in [7, 11) is 0. The summed E-state index contributed by atoms with van der Waals surface area (Å²) in [5.74, 6) is 0.369. The predicted molar refractivity (Wildman–Crippen MR) is 111 cm³/mol. The molecule has 0 aliphatic carbocycles. The van der Waals surface area contributed by atoms with Crippen molar-refractivity contribution >= 4 is 28.4 Å². The van der Waals surface area contributed by atoms with Gasteiger partial charge in [0.05, 0.1) is 0 Å². The first-order chi connectivity index (χ1) is 14.8. The van der Waals surface area contributed by atoms with Crippen LogP contribution in [0.25, 0.3) is 10.9 Å². The SMILES string of the molecule is O=C(c1c[nH]c2ccccc12)C(Sc1nnc(Cn2cncn2)o1)c1ccccc1. The van der Waals surface area contributed by atoms with Crippen molar-refractivity contribution in [3.63, 3.8) is 0 Å². The van der Waals surface area contributed by atoms with Crippen molar-refractivity contribution < 1.29 is 9.21 Å². The number of aromatic amines is 1. The minimum absolute atomic E-state index is 0.0281. The van der Waals surface area contributed by atoms with Crippen molar-refractivity contribution in [2.45, 2.75) is 17.0 Å². The minimum atomic E-state index is -0.523. The maximum atomic E-state index is 13.5. The van der Waals surface area contributed by atoms with Crippen molar-refractivity contribution in [1.29, 1.82) is 0 Å². The minimum Gasteiger partial charge on any atom is -0.414 e. The number of Topliss-reactive ketones (excluding diaryl/α,β-unsaturated/α-hetero) is 1. The second kappa shape index (κ2) is 7.96. The number of nitrogens with zero attached hydrogens (tertiary/aromatic N) is 5. The summed E-state index contributed by atoms with van der Waals surface area (Å²) in [4.78, 5) is 20.6. The monoisotopic (exact) mass is 416 g/mol. The smallest absolute Gasteiger partial charge is 0.277 e. The van der Waals surface area contributed by atoms with Gasteiger partial charge in [-0.2, -0.15) is 5.10 Å². The molecular formula is C21H16N6O2S. The third-order valence-electron chi connectivity index (χ3n) is 4.63. The Bertz CT molecular complexity index is 1280. The summed E-state index contributed by atoms with van der Waals surface area (Å²) in [5, 5.41) is 12.9. The number of carbonyl (C=O) groups is 1. The maximum Gasteiger partial charge on any atom is 0.277 e. The highest BCUT2D eigenvalue weighted by Gasteiger charge is 2.27. The molecule has 3 aromatic heterocycles. The molecule has 0 saturated heterocycles. The van der Waals surface area contributed by atoms with Gasteiger partial charge in [-0.1, -0.05) is 48.5 Å². The van der Waals surface area contributed by atoms with Gasteiger partial charge in [-0.15, -0.1) is 10.2 Å². The van der Waals surface area contributed by atoms with Gasteiger partial charge < -0.3 is 9.40 Å². The molecular weight excluding hydrogens is 400 g/mol. The highest BCUT2D eigenvalue weighted by Crippen LogP contribution is 2.38. The van der Waals surface area contributed by atoms with Crippen LogP contribution in [0.3, 0.4) is 0 Å². The molecule has 0 aliphatic heterocycles. The van der Waals surface area contributed by atoms with E-state index >= 15 is 0 Å². The summed E-state index contributed by atoms with van der Waals surface area (Å²) >= 11 is 1.24. The molecule has 3 heterocycles. The Morgan fingerprint density at radius 1 is 1.10 bits per heavy atom. The standard InChI is InChI=1S/C21H16N6O2S/c28-19(16-10-23-17-9-5-4-8-15(16)17)20(14-6-2-1-3-7-14)30-21-26-25-18(29-21)11-27-13-22-12-24-27/h1-10,12-13,20,23H,11H2. The lowest BCUT2D eigenvalue weighted by Gasteiger charge is -2.13. The highest BCUT2D eigenvalue weighted by molar-refractivity contribution is 8.00. The van der Waals surface area contributed by atoms with E-state index < -0.39 is 5.25 Å². The van der Waals surface area contributed by atoms with Crippen LogP contribution in [0.1, 0.15) is 27.1 Å². The second-order valence-corrected chi connectivity index (χ2v) is 7.63. The summed E-state index contributed by atoms with van der Waals surface area (Å²) in [6.45, 7) is 0.319. The zero-order chi connectivity index (χ0) is 20.3. The normalized spacial score (nSPS) is 12.3.